The van der Waals surface area contributed by atoms with E-state index in [0.29, 0.717) is 21.7 Å². The average Bonchev–Trinajstić information content (AvgIpc) is 2.82. The van der Waals surface area contributed by atoms with Crippen LogP contribution in [0.25, 0.3) is 5.69 Å². The van der Waals surface area contributed by atoms with Crippen molar-refractivity contribution in [3.8, 4) is 5.69 Å². The van der Waals surface area contributed by atoms with Crippen molar-refractivity contribution in [3.05, 3.63) is 63.9 Å². The quantitative estimate of drug-likeness (QED) is 0.350. The molecule has 0 radical (unpaired) electrons. The SMILES string of the molecule is C=CCNC(=S)N/N=C\c1cc(C)n(-c2ccc(Cl)c(Cl)c2)c1C. The Balaban J connectivity index is 2.21. The van der Waals surface area contributed by atoms with Gasteiger partial charge in [0.1, 0.15) is 0 Å². The normalized spacial score (nSPS) is 10.8. The lowest BCUT2D eigenvalue weighted by atomic mass is 10.2. The molecule has 24 heavy (non-hydrogen) atoms. The lowest BCUT2D eigenvalue weighted by molar-refractivity contribution is 0.940. The number of aromatic nitrogens is 1. The number of thiocarbonyl (C=S) groups is 1. The van der Waals surface area contributed by atoms with Crippen molar-refractivity contribution in [1.82, 2.24) is 15.3 Å². The first-order chi connectivity index (χ1) is 11.4. The molecule has 0 saturated heterocycles. The summed E-state index contributed by atoms with van der Waals surface area (Å²) in [7, 11) is 0. The molecule has 2 rings (SSSR count). The van der Waals surface area contributed by atoms with Gasteiger partial charge in [-0.3, -0.25) is 5.43 Å². The summed E-state index contributed by atoms with van der Waals surface area (Å²) in [6, 6.07) is 7.61. The first-order valence-corrected chi connectivity index (χ1v) is 8.42. The molecule has 126 valence electrons. The maximum absolute atomic E-state index is 6.13. The van der Waals surface area contributed by atoms with E-state index in [1.54, 1.807) is 18.4 Å². The van der Waals surface area contributed by atoms with Crippen molar-refractivity contribution >= 4 is 46.7 Å². The van der Waals surface area contributed by atoms with Crippen molar-refractivity contribution in [1.29, 1.82) is 0 Å². The van der Waals surface area contributed by atoms with Crippen LogP contribution in [0.15, 0.2) is 42.0 Å². The van der Waals surface area contributed by atoms with Crippen LogP contribution in [0.4, 0.5) is 0 Å². The van der Waals surface area contributed by atoms with E-state index in [1.807, 2.05) is 32.0 Å². The minimum Gasteiger partial charge on any atom is -0.358 e. The molecule has 0 bridgehead atoms. The van der Waals surface area contributed by atoms with Crippen molar-refractivity contribution in [2.45, 2.75) is 13.8 Å². The standard InChI is InChI=1S/C17H18Cl2N4S/c1-4-7-20-17(24)22-21-10-13-8-11(2)23(12(13)3)14-5-6-15(18)16(19)9-14/h4-6,8-10H,1,7H2,2-3H3,(H2,20,22,24)/b21-10-. The molecule has 1 aromatic heterocycles. The molecule has 0 aliphatic rings. The first-order valence-electron chi connectivity index (χ1n) is 7.26. The molecule has 0 atom stereocenters. The monoisotopic (exact) mass is 380 g/mol. The van der Waals surface area contributed by atoms with Gasteiger partial charge in [0.05, 0.1) is 16.3 Å². The average molecular weight is 381 g/mol. The van der Waals surface area contributed by atoms with Crippen LogP contribution < -0.4 is 10.7 Å². The summed E-state index contributed by atoms with van der Waals surface area (Å²) in [6.45, 7) is 8.25. The molecule has 1 aromatic carbocycles. The van der Waals surface area contributed by atoms with Gasteiger partial charge in [-0.2, -0.15) is 5.10 Å². The predicted octanol–water partition coefficient (Wildman–Crippen LogP) is 4.38. The molecule has 2 N–H and O–H groups in total. The summed E-state index contributed by atoms with van der Waals surface area (Å²) in [5.41, 5.74) is 6.82. The lowest BCUT2D eigenvalue weighted by Crippen LogP contribution is -2.31. The van der Waals surface area contributed by atoms with Crippen molar-refractivity contribution in [2.24, 2.45) is 5.10 Å². The van der Waals surface area contributed by atoms with E-state index in [4.69, 9.17) is 35.4 Å². The number of hydrazone groups is 1. The number of benzene rings is 1. The molecule has 0 aliphatic carbocycles. The Bertz CT molecular complexity index is 796. The Labute approximate surface area is 157 Å². The van der Waals surface area contributed by atoms with Crippen LogP contribution in [-0.4, -0.2) is 22.4 Å². The van der Waals surface area contributed by atoms with E-state index >= 15 is 0 Å². The van der Waals surface area contributed by atoms with Crippen molar-refractivity contribution in [2.75, 3.05) is 6.54 Å². The van der Waals surface area contributed by atoms with Gasteiger partial charge in [0.15, 0.2) is 5.11 Å². The molecule has 0 fully saturated rings. The molecule has 7 heteroatoms. The van der Waals surface area contributed by atoms with Crippen molar-refractivity contribution in [3.63, 3.8) is 0 Å². The molecular formula is C17H18Cl2N4S. The summed E-state index contributed by atoms with van der Waals surface area (Å²) in [6.07, 6.45) is 3.46. The van der Waals surface area contributed by atoms with Crippen LogP contribution in [0, 0.1) is 13.8 Å². The van der Waals surface area contributed by atoms with Gasteiger partial charge in [-0.15, -0.1) is 6.58 Å². The van der Waals surface area contributed by atoms with Gasteiger partial charge >= 0.3 is 0 Å². The minimum atomic E-state index is 0.449. The van der Waals surface area contributed by atoms with Crippen LogP contribution in [-0.2, 0) is 0 Å². The number of halogens is 2. The summed E-state index contributed by atoms with van der Waals surface area (Å²) < 4.78 is 2.10. The topological polar surface area (TPSA) is 41.4 Å². The molecule has 0 aliphatic heterocycles. The first kappa shape index (κ1) is 18.5. The number of hydrogen-bond donors (Lipinski definition) is 2. The number of hydrogen-bond acceptors (Lipinski definition) is 2. The molecule has 0 unspecified atom stereocenters. The highest BCUT2D eigenvalue weighted by molar-refractivity contribution is 7.80. The number of aryl methyl sites for hydroxylation is 1. The van der Waals surface area contributed by atoms with Gasteiger partial charge in [-0.1, -0.05) is 29.3 Å². The molecule has 4 nitrogen and oxygen atoms in total. The summed E-state index contributed by atoms with van der Waals surface area (Å²) in [4.78, 5) is 0. The second kappa shape index (κ2) is 8.33. The largest absolute Gasteiger partial charge is 0.358 e. The van der Waals surface area contributed by atoms with E-state index in [9.17, 15) is 0 Å². The van der Waals surface area contributed by atoms with Crippen LogP contribution in [0.2, 0.25) is 10.0 Å². The van der Waals surface area contributed by atoms with Gasteiger partial charge in [-0.05, 0) is 50.3 Å². The fourth-order valence-electron chi connectivity index (χ4n) is 2.30. The predicted molar refractivity (Wildman–Crippen MR) is 107 cm³/mol. The fourth-order valence-corrected chi connectivity index (χ4v) is 2.73. The third-order valence-corrected chi connectivity index (χ3v) is 4.38. The third-order valence-electron chi connectivity index (χ3n) is 3.41. The van der Waals surface area contributed by atoms with Gasteiger partial charge in [0.25, 0.3) is 0 Å². The zero-order valence-corrected chi connectivity index (χ0v) is 15.8. The highest BCUT2D eigenvalue weighted by Crippen LogP contribution is 2.27. The molecule has 0 saturated carbocycles. The third kappa shape index (κ3) is 4.38. The van der Waals surface area contributed by atoms with Gasteiger partial charge < -0.3 is 9.88 Å². The zero-order chi connectivity index (χ0) is 17.7. The summed E-state index contributed by atoms with van der Waals surface area (Å²) in [5, 5.41) is 8.62. The highest BCUT2D eigenvalue weighted by atomic mass is 35.5. The fraction of sp³-hybridized carbons (Fsp3) is 0.176. The Morgan fingerprint density at radius 1 is 1.29 bits per heavy atom. The molecular weight excluding hydrogens is 363 g/mol. The second-order valence-electron chi connectivity index (χ2n) is 5.13. The summed E-state index contributed by atoms with van der Waals surface area (Å²) in [5.74, 6) is 0. The van der Waals surface area contributed by atoms with Crippen LogP contribution >= 0.6 is 35.4 Å². The van der Waals surface area contributed by atoms with E-state index in [0.717, 1.165) is 22.6 Å². The van der Waals surface area contributed by atoms with Crippen LogP contribution in [0.1, 0.15) is 17.0 Å². The second-order valence-corrected chi connectivity index (χ2v) is 6.35. The molecule has 0 amide bonds. The Morgan fingerprint density at radius 2 is 2.04 bits per heavy atom. The van der Waals surface area contributed by atoms with E-state index in [2.05, 4.69) is 27.0 Å². The Kier molecular flexibility index (Phi) is 6.43. The van der Waals surface area contributed by atoms with Crippen molar-refractivity contribution < 1.29 is 0 Å². The van der Waals surface area contributed by atoms with E-state index < -0.39 is 0 Å². The van der Waals surface area contributed by atoms with Crippen LogP contribution in [0.3, 0.4) is 0 Å². The Hall–Kier alpha value is -1.82. The number of nitrogens with one attached hydrogen (secondary N) is 2. The molecule has 2 aromatic rings. The molecule has 1 heterocycles. The minimum absolute atomic E-state index is 0.449. The number of nitrogens with zero attached hydrogens (tertiary/aromatic N) is 2. The van der Waals surface area contributed by atoms with Gasteiger partial charge in [0.2, 0.25) is 0 Å². The van der Waals surface area contributed by atoms with E-state index in [1.165, 1.54) is 0 Å². The lowest BCUT2D eigenvalue weighted by Gasteiger charge is -2.10. The maximum atomic E-state index is 6.13. The van der Waals surface area contributed by atoms with Gasteiger partial charge in [-0.25, -0.2) is 0 Å². The summed E-state index contributed by atoms with van der Waals surface area (Å²) >= 11 is 17.2. The zero-order valence-electron chi connectivity index (χ0n) is 13.4. The Morgan fingerprint density at radius 3 is 2.71 bits per heavy atom. The molecule has 0 spiro atoms. The smallest absolute Gasteiger partial charge is 0.187 e. The van der Waals surface area contributed by atoms with E-state index in [-0.39, 0.29) is 0 Å². The van der Waals surface area contributed by atoms with Gasteiger partial charge in [0, 0.05) is 29.2 Å². The maximum Gasteiger partial charge on any atom is 0.187 e. The van der Waals surface area contributed by atoms with Crippen LogP contribution in [0.5, 0.6) is 0 Å². The highest BCUT2D eigenvalue weighted by Gasteiger charge is 2.10. The number of rotatable bonds is 5.